The van der Waals surface area contributed by atoms with Gasteiger partial charge in [0.1, 0.15) is 0 Å². The van der Waals surface area contributed by atoms with E-state index in [0.29, 0.717) is 18.9 Å². The standard InChI is InChI=1S/C16H16FN5O.C2HF3O2/c17-12-8-19-16(20-9-12)21-5-3-13-14(21)6-15(23)22(13)10-11-2-1-4-18-7-11;3-2(4,5)1(6)7/h1-2,4,7-9,13-14H,3,5-6,10H2;(H,6,7). The van der Waals surface area contributed by atoms with Gasteiger partial charge in [0.15, 0.2) is 5.82 Å². The van der Waals surface area contributed by atoms with E-state index >= 15 is 0 Å². The fourth-order valence-corrected chi connectivity index (χ4v) is 3.52. The SMILES string of the molecule is O=C(O)C(F)(F)F.O=C1CC2C(CCN2c2ncc(F)cn2)N1Cc1cccnc1. The van der Waals surface area contributed by atoms with Crippen molar-refractivity contribution in [2.45, 2.75) is 37.6 Å². The van der Waals surface area contributed by atoms with Crippen molar-refractivity contribution in [2.24, 2.45) is 0 Å². The number of hydrogen-bond acceptors (Lipinski definition) is 6. The first-order valence-corrected chi connectivity index (χ1v) is 8.89. The number of nitrogens with zero attached hydrogens (tertiary/aromatic N) is 5. The van der Waals surface area contributed by atoms with Gasteiger partial charge in [0.05, 0.1) is 24.5 Å². The summed E-state index contributed by atoms with van der Waals surface area (Å²) in [4.78, 5) is 37.5. The van der Waals surface area contributed by atoms with Crippen LogP contribution >= 0.6 is 0 Å². The average Bonchev–Trinajstić information content (AvgIpc) is 3.23. The Morgan fingerprint density at radius 1 is 1.20 bits per heavy atom. The number of anilines is 1. The highest BCUT2D eigenvalue weighted by molar-refractivity contribution is 5.81. The second-order valence-corrected chi connectivity index (χ2v) is 6.71. The number of alkyl halides is 3. The average molecular weight is 427 g/mol. The van der Waals surface area contributed by atoms with E-state index in [0.717, 1.165) is 18.5 Å². The van der Waals surface area contributed by atoms with E-state index < -0.39 is 18.0 Å². The molecule has 1 N–H and O–H groups in total. The first kappa shape index (κ1) is 21.4. The molecular formula is C18H17F4N5O3. The summed E-state index contributed by atoms with van der Waals surface area (Å²) in [6, 6.07) is 4.06. The smallest absolute Gasteiger partial charge is 0.475 e. The van der Waals surface area contributed by atoms with Gasteiger partial charge >= 0.3 is 12.1 Å². The minimum Gasteiger partial charge on any atom is -0.475 e. The van der Waals surface area contributed by atoms with Crippen LogP contribution in [0.1, 0.15) is 18.4 Å². The lowest BCUT2D eigenvalue weighted by Gasteiger charge is -2.25. The number of carboxylic acids is 1. The Balaban J connectivity index is 0.000000318. The highest BCUT2D eigenvalue weighted by atomic mass is 19.4. The number of carbonyl (C=O) groups is 2. The Bertz CT molecular complexity index is 895. The number of amides is 1. The van der Waals surface area contributed by atoms with Gasteiger partial charge in [-0.05, 0) is 18.1 Å². The quantitative estimate of drug-likeness (QED) is 0.749. The van der Waals surface area contributed by atoms with E-state index in [1.165, 1.54) is 12.4 Å². The van der Waals surface area contributed by atoms with Crippen molar-refractivity contribution in [2.75, 3.05) is 11.4 Å². The molecule has 8 nitrogen and oxygen atoms in total. The summed E-state index contributed by atoms with van der Waals surface area (Å²) in [6.45, 7) is 1.35. The highest BCUT2D eigenvalue weighted by Gasteiger charge is 2.47. The third-order valence-corrected chi connectivity index (χ3v) is 4.80. The molecule has 2 aliphatic rings. The second kappa shape index (κ2) is 8.59. The minimum absolute atomic E-state index is 0.0598. The number of carbonyl (C=O) groups excluding carboxylic acids is 1. The van der Waals surface area contributed by atoms with Gasteiger partial charge < -0.3 is 14.9 Å². The molecule has 2 aliphatic heterocycles. The van der Waals surface area contributed by atoms with Gasteiger partial charge in [-0.2, -0.15) is 13.2 Å². The maximum atomic E-state index is 13.0. The number of hydrogen-bond donors (Lipinski definition) is 1. The van der Waals surface area contributed by atoms with E-state index in [2.05, 4.69) is 15.0 Å². The molecule has 0 saturated carbocycles. The minimum atomic E-state index is -5.08. The molecule has 2 aromatic heterocycles. The molecule has 12 heteroatoms. The van der Waals surface area contributed by atoms with Gasteiger partial charge in [-0.3, -0.25) is 9.78 Å². The molecule has 4 heterocycles. The number of rotatable bonds is 3. The second-order valence-electron chi connectivity index (χ2n) is 6.71. The Hall–Kier alpha value is -3.31. The molecule has 0 radical (unpaired) electrons. The summed E-state index contributed by atoms with van der Waals surface area (Å²) in [5.41, 5.74) is 1.03. The molecule has 4 rings (SSSR count). The largest absolute Gasteiger partial charge is 0.490 e. The topological polar surface area (TPSA) is 99.5 Å². The van der Waals surface area contributed by atoms with Crippen LogP contribution in [-0.4, -0.2) is 61.6 Å². The molecule has 2 saturated heterocycles. The van der Waals surface area contributed by atoms with E-state index in [1.54, 1.807) is 12.4 Å². The zero-order valence-corrected chi connectivity index (χ0v) is 15.5. The van der Waals surface area contributed by atoms with Crippen molar-refractivity contribution >= 4 is 17.8 Å². The van der Waals surface area contributed by atoms with Crippen molar-refractivity contribution in [1.29, 1.82) is 0 Å². The van der Waals surface area contributed by atoms with Crippen LogP contribution in [0.15, 0.2) is 36.9 Å². The van der Waals surface area contributed by atoms with Gasteiger partial charge in [0, 0.05) is 31.9 Å². The van der Waals surface area contributed by atoms with Crippen molar-refractivity contribution < 1.29 is 32.3 Å². The number of aromatic nitrogens is 3. The van der Waals surface area contributed by atoms with Crippen LogP contribution in [0.5, 0.6) is 0 Å². The third-order valence-electron chi connectivity index (χ3n) is 4.80. The Morgan fingerprint density at radius 3 is 2.43 bits per heavy atom. The predicted molar refractivity (Wildman–Crippen MR) is 94.6 cm³/mol. The summed E-state index contributed by atoms with van der Waals surface area (Å²) >= 11 is 0. The summed E-state index contributed by atoms with van der Waals surface area (Å²) in [5, 5.41) is 7.12. The first-order chi connectivity index (χ1) is 14.2. The van der Waals surface area contributed by atoms with E-state index in [1.807, 2.05) is 21.9 Å². The molecule has 0 aromatic carbocycles. The van der Waals surface area contributed by atoms with Crippen molar-refractivity contribution in [3.05, 3.63) is 48.3 Å². The summed E-state index contributed by atoms with van der Waals surface area (Å²) in [5.74, 6) is -2.58. The van der Waals surface area contributed by atoms with Crippen LogP contribution in [0.2, 0.25) is 0 Å². The lowest BCUT2D eigenvalue weighted by Crippen LogP contribution is -2.37. The van der Waals surface area contributed by atoms with Crippen LogP contribution in [0.3, 0.4) is 0 Å². The van der Waals surface area contributed by atoms with Gasteiger partial charge in [-0.1, -0.05) is 6.07 Å². The van der Waals surface area contributed by atoms with Crippen molar-refractivity contribution in [3.63, 3.8) is 0 Å². The molecule has 2 atom stereocenters. The number of aliphatic carboxylic acids is 1. The molecule has 0 bridgehead atoms. The number of pyridine rings is 1. The molecule has 30 heavy (non-hydrogen) atoms. The maximum Gasteiger partial charge on any atom is 0.490 e. The summed E-state index contributed by atoms with van der Waals surface area (Å²) in [6.07, 6.45) is 2.08. The molecule has 2 unspecified atom stereocenters. The Kier molecular flexibility index (Phi) is 6.13. The molecule has 2 fully saturated rings. The predicted octanol–water partition coefficient (Wildman–Crippen LogP) is 2.02. The monoisotopic (exact) mass is 427 g/mol. The number of carboxylic acid groups (broad SMARTS) is 1. The zero-order valence-electron chi connectivity index (χ0n) is 15.5. The van der Waals surface area contributed by atoms with Crippen LogP contribution < -0.4 is 4.90 Å². The Labute approximate surface area is 168 Å². The van der Waals surface area contributed by atoms with Crippen molar-refractivity contribution in [1.82, 2.24) is 19.9 Å². The molecule has 0 aliphatic carbocycles. The molecular weight excluding hydrogens is 410 g/mol. The number of likely N-dealkylation sites (tertiary alicyclic amines) is 1. The van der Waals surface area contributed by atoms with E-state index in [-0.39, 0.29) is 18.0 Å². The molecule has 1 amide bonds. The molecule has 160 valence electrons. The number of halogens is 4. The summed E-state index contributed by atoms with van der Waals surface area (Å²) in [7, 11) is 0. The Morgan fingerprint density at radius 2 is 1.87 bits per heavy atom. The highest BCUT2D eigenvalue weighted by Crippen LogP contribution is 2.35. The zero-order chi connectivity index (χ0) is 21.9. The lowest BCUT2D eigenvalue weighted by atomic mass is 10.1. The van der Waals surface area contributed by atoms with Crippen molar-refractivity contribution in [3.8, 4) is 0 Å². The van der Waals surface area contributed by atoms with Crippen LogP contribution in [-0.2, 0) is 16.1 Å². The summed E-state index contributed by atoms with van der Waals surface area (Å²) < 4.78 is 44.7. The van der Waals surface area contributed by atoms with Gasteiger partial charge in [-0.15, -0.1) is 0 Å². The first-order valence-electron chi connectivity index (χ1n) is 8.89. The fraction of sp³-hybridized carbons (Fsp3) is 0.389. The van der Waals surface area contributed by atoms with Crippen LogP contribution in [0.4, 0.5) is 23.5 Å². The molecule has 0 spiro atoms. The van der Waals surface area contributed by atoms with Gasteiger partial charge in [0.25, 0.3) is 0 Å². The van der Waals surface area contributed by atoms with Crippen LogP contribution in [0, 0.1) is 5.82 Å². The van der Waals surface area contributed by atoms with Crippen LogP contribution in [0.25, 0.3) is 0 Å². The van der Waals surface area contributed by atoms with Gasteiger partial charge in [0.2, 0.25) is 11.9 Å². The third kappa shape index (κ3) is 4.81. The van der Waals surface area contributed by atoms with E-state index in [9.17, 15) is 22.4 Å². The lowest BCUT2D eigenvalue weighted by molar-refractivity contribution is -0.192. The fourth-order valence-electron chi connectivity index (χ4n) is 3.52. The van der Waals surface area contributed by atoms with Gasteiger partial charge in [-0.25, -0.2) is 19.2 Å². The number of fused-ring (bicyclic) bond motifs is 1. The van der Waals surface area contributed by atoms with E-state index in [4.69, 9.17) is 9.90 Å². The molecule has 2 aromatic rings. The normalized spacial score (nSPS) is 20.6. The maximum absolute atomic E-state index is 13.0.